The third kappa shape index (κ3) is 5.27. The van der Waals surface area contributed by atoms with Crippen LogP contribution in [-0.4, -0.2) is 50.6 Å². The van der Waals surface area contributed by atoms with Crippen molar-refractivity contribution in [2.24, 2.45) is 5.10 Å². The van der Waals surface area contributed by atoms with Crippen LogP contribution < -0.4 is 20.8 Å². The van der Waals surface area contributed by atoms with Gasteiger partial charge in [-0.15, -0.1) is 5.10 Å². The number of nitrogen functional groups attached to an aromatic ring is 1. The van der Waals surface area contributed by atoms with Crippen molar-refractivity contribution >= 4 is 23.1 Å². The fourth-order valence-electron chi connectivity index (χ4n) is 3.36. The maximum atomic E-state index is 13.1. The van der Waals surface area contributed by atoms with E-state index in [1.54, 1.807) is 6.92 Å². The predicted octanol–water partition coefficient (Wildman–Crippen LogP) is 2.42. The van der Waals surface area contributed by atoms with E-state index in [9.17, 15) is 4.79 Å². The van der Waals surface area contributed by atoms with Crippen LogP contribution in [0.1, 0.15) is 35.6 Å². The second kappa shape index (κ2) is 10.5. The average Bonchev–Trinajstić information content (AvgIpc) is 3.48. The molecule has 0 bridgehead atoms. The van der Waals surface area contributed by atoms with Gasteiger partial charge >= 0.3 is 0 Å². The van der Waals surface area contributed by atoms with Crippen LogP contribution in [-0.2, 0) is 6.54 Å². The second-order valence-corrected chi connectivity index (χ2v) is 7.56. The maximum Gasteiger partial charge on any atom is 0.293 e. The summed E-state index contributed by atoms with van der Waals surface area (Å²) < 4.78 is 11.6. The molecule has 0 saturated carbocycles. The Morgan fingerprint density at radius 3 is 2.71 bits per heavy atom. The van der Waals surface area contributed by atoms with Gasteiger partial charge in [0.05, 0.1) is 24.6 Å². The minimum Gasteiger partial charge on any atom is -0.494 e. The SMILES string of the molecule is CCOc1cccc(C(C)=NNC(=O)c2nnn(-c3nonc3N)c2CN(C)c2ccccc2)c1. The van der Waals surface area contributed by atoms with Gasteiger partial charge in [-0.2, -0.15) is 9.78 Å². The van der Waals surface area contributed by atoms with Crippen molar-refractivity contribution in [1.82, 2.24) is 30.7 Å². The largest absolute Gasteiger partial charge is 0.494 e. The van der Waals surface area contributed by atoms with Crippen LogP contribution in [0.15, 0.2) is 64.3 Å². The Kier molecular flexibility index (Phi) is 7.00. The average molecular weight is 476 g/mol. The molecule has 0 spiro atoms. The van der Waals surface area contributed by atoms with Gasteiger partial charge in [0, 0.05) is 18.3 Å². The van der Waals surface area contributed by atoms with E-state index >= 15 is 0 Å². The molecule has 0 aliphatic heterocycles. The number of nitrogens with one attached hydrogen (secondary N) is 1. The molecule has 1 amide bonds. The summed E-state index contributed by atoms with van der Waals surface area (Å²) in [5, 5.41) is 19.8. The third-order valence-electron chi connectivity index (χ3n) is 5.15. The summed E-state index contributed by atoms with van der Waals surface area (Å²) >= 11 is 0. The minimum atomic E-state index is -0.539. The number of carbonyl (C=O) groups excluding carboxylic acids is 1. The lowest BCUT2D eigenvalue weighted by Crippen LogP contribution is -2.25. The molecule has 3 N–H and O–H groups in total. The Bertz CT molecular complexity index is 1330. The molecule has 2 aromatic heterocycles. The van der Waals surface area contributed by atoms with Crippen LogP contribution in [0, 0.1) is 0 Å². The first-order valence-electron chi connectivity index (χ1n) is 10.8. The Morgan fingerprint density at radius 1 is 1.20 bits per heavy atom. The van der Waals surface area contributed by atoms with Gasteiger partial charge in [-0.05, 0) is 48.4 Å². The lowest BCUT2D eigenvalue weighted by atomic mass is 10.1. The molecule has 0 aliphatic rings. The number of carbonyl (C=O) groups is 1. The van der Waals surface area contributed by atoms with Crippen LogP contribution in [0.4, 0.5) is 11.5 Å². The molecule has 0 radical (unpaired) electrons. The van der Waals surface area contributed by atoms with Crippen LogP contribution in [0.3, 0.4) is 0 Å². The van der Waals surface area contributed by atoms with Crippen molar-refractivity contribution in [3.8, 4) is 11.6 Å². The number of hydrazone groups is 1. The van der Waals surface area contributed by atoms with Gasteiger partial charge in [0.1, 0.15) is 5.75 Å². The number of amides is 1. The highest BCUT2D eigenvalue weighted by molar-refractivity contribution is 6.01. The number of hydrogen-bond donors (Lipinski definition) is 2. The monoisotopic (exact) mass is 475 g/mol. The number of nitrogens with zero attached hydrogens (tertiary/aromatic N) is 7. The summed E-state index contributed by atoms with van der Waals surface area (Å²) in [6, 6.07) is 17.1. The quantitative estimate of drug-likeness (QED) is 0.275. The maximum absolute atomic E-state index is 13.1. The van der Waals surface area contributed by atoms with Gasteiger partial charge in [0.2, 0.25) is 11.6 Å². The zero-order valence-electron chi connectivity index (χ0n) is 19.5. The lowest BCUT2D eigenvalue weighted by Gasteiger charge is -2.19. The first-order valence-corrected chi connectivity index (χ1v) is 10.8. The smallest absolute Gasteiger partial charge is 0.293 e. The Hall–Kier alpha value is -4.74. The van der Waals surface area contributed by atoms with E-state index < -0.39 is 5.91 Å². The topological polar surface area (TPSA) is 150 Å². The normalized spacial score (nSPS) is 11.3. The number of anilines is 2. The number of para-hydroxylation sites is 1. The van der Waals surface area contributed by atoms with Gasteiger partial charge < -0.3 is 15.4 Å². The molecule has 0 fully saturated rings. The summed E-state index contributed by atoms with van der Waals surface area (Å²) in [6.45, 7) is 4.52. The first-order chi connectivity index (χ1) is 17.0. The summed E-state index contributed by atoms with van der Waals surface area (Å²) in [5.74, 6) is 0.343. The summed E-state index contributed by atoms with van der Waals surface area (Å²) in [4.78, 5) is 15.0. The van der Waals surface area contributed by atoms with E-state index in [1.807, 2.05) is 73.5 Å². The molecule has 0 saturated heterocycles. The summed E-state index contributed by atoms with van der Waals surface area (Å²) in [7, 11) is 1.88. The number of benzene rings is 2. The fraction of sp³-hybridized carbons (Fsp3) is 0.217. The molecule has 2 aromatic carbocycles. The molecule has 4 aromatic rings. The molecule has 12 heteroatoms. The standard InChI is InChI=1S/C23H25N9O3/c1-4-34-18-12-8-9-16(13-18)15(2)25-27-23(33)20-19(14-31(3)17-10-6-5-7-11-17)32(30-26-20)22-21(24)28-35-29-22/h5-13H,4,14H2,1-3H3,(H2,24,28)(H,27,33). The molecular formula is C23H25N9O3. The van der Waals surface area contributed by atoms with Crippen LogP contribution in [0.5, 0.6) is 5.75 Å². The van der Waals surface area contributed by atoms with Crippen molar-refractivity contribution in [1.29, 1.82) is 0 Å². The molecule has 0 aliphatic carbocycles. The van der Waals surface area contributed by atoms with Gasteiger partial charge in [-0.1, -0.05) is 35.5 Å². The molecule has 35 heavy (non-hydrogen) atoms. The Labute approximate surface area is 201 Å². The van der Waals surface area contributed by atoms with Crippen molar-refractivity contribution in [3.63, 3.8) is 0 Å². The highest BCUT2D eigenvalue weighted by Gasteiger charge is 2.25. The van der Waals surface area contributed by atoms with Crippen LogP contribution >= 0.6 is 0 Å². The summed E-state index contributed by atoms with van der Waals surface area (Å²) in [5.41, 5.74) is 11.3. The van der Waals surface area contributed by atoms with E-state index in [0.29, 0.717) is 18.0 Å². The highest BCUT2D eigenvalue weighted by Crippen LogP contribution is 2.20. The van der Waals surface area contributed by atoms with Crippen molar-refractivity contribution < 1.29 is 14.2 Å². The van der Waals surface area contributed by atoms with Gasteiger partial charge in [-0.25, -0.2) is 10.1 Å². The number of hydrogen-bond acceptors (Lipinski definition) is 10. The summed E-state index contributed by atoms with van der Waals surface area (Å²) in [6.07, 6.45) is 0. The van der Waals surface area contributed by atoms with Crippen molar-refractivity contribution in [2.45, 2.75) is 20.4 Å². The fourth-order valence-corrected chi connectivity index (χ4v) is 3.36. The molecule has 0 atom stereocenters. The number of aromatic nitrogens is 5. The Balaban J connectivity index is 1.61. The molecular weight excluding hydrogens is 450 g/mol. The zero-order chi connectivity index (χ0) is 24.8. The van der Waals surface area contributed by atoms with E-state index in [4.69, 9.17) is 15.1 Å². The second-order valence-electron chi connectivity index (χ2n) is 7.56. The lowest BCUT2D eigenvalue weighted by molar-refractivity contribution is 0.0948. The number of rotatable bonds is 9. The van der Waals surface area contributed by atoms with E-state index in [1.165, 1.54) is 4.68 Å². The minimum absolute atomic E-state index is 0.0218. The van der Waals surface area contributed by atoms with Gasteiger partial charge in [0.25, 0.3) is 5.91 Å². The number of ether oxygens (including phenoxy) is 1. The third-order valence-corrected chi connectivity index (χ3v) is 5.15. The molecule has 12 nitrogen and oxygen atoms in total. The first kappa shape index (κ1) is 23.4. The molecule has 2 heterocycles. The van der Waals surface area contributed by atoms with Crippen molar-refractivity contribution in [3.05, 3.63) is 71.5 Å². The molecule has 0 unspecified atom stereocenters. The molecule has 180 valence electrons. The van der Waals surface area contributed by atoms with Crippen LogP contribution in [0.2, 0.25) is 0 Å². The van der Waals surface area contributed by atoms with Crippen LogP contribution in [0.25, 0.3) is 5.82 Å². The predicted molar refractivity (Wildman–Crippen MR) is 129 cm³/mol. The van der Waals surface area contributed by atoms with Gasteiger partial charge in [0.15, 0.2) is 5.69 Å². The van der Waals surface area contributed by atoms with Crippen molar-refractivity contribution in [2.75, 3.05) is 24.3 Å². The van der Waals surface area contributed by atoms with E-state index in [0.717, 1.165) is 17.0 Å². The molecule has 4 rings (SSSR count). The Morgan fingerprint density at radius 2 is 2.00 bits per heavy atom. The van der Waals surface area contributed by atoms with E-state index in [2.05, 4.69) is 31.2 Å². The zero-order valence-corrected chi connectivity index (χ0v) is 19.5. The van der Waals surface area contributed by atoms with Gasteiger partial charge in [-0.3, -0.25) is 4.79 Å². The highest BCUT2D eigenvalue weighted by atomic mass is 16.6. The number of nitrogens with two attached hydrogens (primary N) is 1. The van der Waals surface area contributed by atoms with E-state index in [-0.39, 0.29) is 23.9 Å².